The summed E-state index contributed by atoms with van der Waals surface area (Å²) in [5, 5.41) is 12.5. The molecule has 1 aliphatic rings. The van der Waals surface area contributed by atoms with E-state index in [-0.39, 0.29) is 11.5 Å². The zero-order valence-electron chi connectivity index (χ0n) is 14.7. The normalized spacial score (nSPS) is 15.9. The number of hydrogen-bond donors (Lipinski definition) is 1. The minimum atomic E-state index is -0.654. The van der Waals surface area contributed by atoms with Crippen molar-refractivity contribution in [2.45, 2.75) is 5.92 Å². The van der Waals surface area contributed by atoms with Gasteiger partial charge in [-0.05, 0) is 28.5 Å². The molecule has 1 aromatic heterocycles. The van der Waals surface area contributed by atoms with Crippen molar-refractivity contribution in [1.82, 2.24) is 0 Å². The Morgan fingerprint density at radius 1 is 0.964 bits per heavy atom. The van der Waals surface area contributed by atoms with Gasteiger partial charge in [0.25, 0.3) is 0 Å². The summed E-state index contributed by atoms with van der Waals surface area (Å²) in [6, 6.07) is 23.0. The monoisotopic (exact) mass is 366 g/mol. The second-order valence-electron chi connectivity index (χ2n) is 6.66. The minimum Gasteiger partial charge on any atom is -0.439 e. The highest BCUT2D eigenvalue weighted by Gasteiger charge is 2.35. The summed E-state index contributed by atoms with van der Waals surface area (Å²) >= 11 is 0. The Balaban J connectivity index is 1.85. The Bertz CT molecular complexity index is 1390. The molecule has 0 fully saturated rings. The average Bonchev–Trinajstić information content (AvgIpc) is 2.72. The first-order valence-electron chi connectivity index (χ1n) is 8.79. The van der Waals surface area contributed by atoms with Crippen molar-refractivity contribution in [3.05, 3.63) is 99.7 Å². The molecule has 1 aliphatic heterocycles. The topological polar surface area (TPSA) is 89.3 Å². The Morgan fingerprint density at radius 3 is 2.54 bits per heavy atom. The van der Waals surface area contributed by atoms with Crippen molar-refractivity contribution in [3.8, 4) is 11.8 Å². The Hall–Kier alpha value is -4.04. The summed E-state index contributed by atoms with van der Waals surface area (Å²) in [5.41, 5.74) is 7.24. The minimum absolute atomic E-state index is 0.00362. The fraction of sp³-hybridized carbons (Fsp3) is 0.0435. The van der Waals surface area contributed by atoms with Crippen LogP contribution >= 0.6 is 0 Å². The highest BCUT2D eigenvalue weighted by Crippen LogP contribution is 2.43. The summed E-state index contributed by atoms with van der Waals surface area (Å²) < 4.78 is 11.3. The lowest BCUT2D eigenvalue weighted by Crippen LogP contribution is -2.26. The first-order chi connectivity index (χ1) is 13.7. The van der Waals surface area contributed by atoms with Gasteiger partial charge in [-0.15, -0.1) is 0 Å². The Morgan fingerprint density at radius 2 is 1.71 bits per heavy atom. The van der Waals surface area contributed by atoms with Crippen LogP contribution in [0, 0.1) is 11.3 Å². The molecule has 5 rings (SSSR count). The predicted molar refractivity (Wildman–Crippen MR) is 106 cm³/mol. The van der Waals surface area contributed by atoms with Crippen molar-refractivity contribution in [2.75, 3.05) is 0 Å². The van der Waals surface area contributed by atoms with Crippen LogP contribution in [0.3, 0.4) is 0 Å². The van der Waals surface area contributed by atoms with Crippen LogP contribution in [-0.4, -0.2) is 0 Å². The smallest absolute Gasteiger partial charge is 0.344 e. The third-order valence-corrected chi connectivity index (χ3v) is 5.08. The van der Waals surface area contributed by atoms with E-state index >= 15 is 0 Å². The number of nitrogens with two attached hydrogens (primary N) is 1. The van der Waals surface area contributed by atoms with Crippen molar-refractivity contribution in [1.29, 1.82) is 5.26 Å². The van der Waals surface area contributed by atoms with Gasteiger partial charge in [-0.25, -0.2) is 4.79 Å². The van der Waals surface area contributed by atoms with Gasteiger partial charge in [0.2, 0.25) is 5.88 Å². The fourth-order valence-electron chi connectivity index (χ4n) is 3.79. The lowest BCUT2D eigenvalue weighted by Gasteiger charge is -2.26. The molecule has 0 bridgehead atoms. The molecule has 1 atom stereocenters. The highest BCUT2D eigenvalue weighted by molar-refractivity contribution is 5.87. The molecule has 4 aromatic rings. The molecule has 134 valence electrons. The number of ether oxygens (including phenoxy) is 1. The Labute approximate surface area is 159 Å². The second kappa shape index (κ2) is 6.00. The van der Waals surface area contributed by atoms with Crippen molar-refractivity contribution < 1.29 is 9.15 Å². The Kier molecular flexibility index (Phi) is 3.46. The zero-order chi connectivity index (χ0) is 19.3. The highest BCUT2D eigenvalue weighted by atomic mass is 16.5. The van der Waals surface area contributed by atoms with Crippen molar-refractivity contribution in [2.24, 2.45) is 5.73 Å². The van der Waals surface area contributed by atoms with Gasteiger partial charge < -0.3 is 14.9 Å². The number of fused-ring (bicyclic) bond motifs is 4. The van der Waals surface area contributed by atoms with Crippen molar-refractivity contribution >= 4 is 21.7 Å². The van der Waals surface area contributed by atoms with E-state index in [1.165, 1.54) is 0 Å². The van der Waals surface area contributed by atoms with Crippen LogP contribution in [-0.2, 0) is 0 Å². The van der Waals surface area contributed by atoms with Crippen LogP contribution < -0.4 is 16.1 Å². The van der Waals surface area contributed by atoms with E-state index < -0.39 is 11.5 Å². The molecule has 5 heteroatoms. The van der Waals surface area contributed by atoms with Gasteiger partial charge in [-0.3, -0.25) is 0 Å². The number of nitriles is 1. The molecule has 0 radical (unpaired) electrons. The molecular weight excluding hydrogens is 352 g/mol. The fourth-order valence-corrected chi connectivity index (χ4v) is 3.79. The number of nitrogens with zero attached hydrogens (tertiary/aromatic N) is 1. The molecule has 0 saturated carbocycles. The molecule has 0 spiro atoms. The summed E-state index contributed by atoms with van der Waals surface area (Å²) in [7, 11) is 0. The lowest BCUT2D eigenvalue weighted by molar-refractivity contribution is 0.388. The van der Waals surface area contributed by atoms with E-state index in [0.717, 1.165) is 16.3 Å². The molecular formula is C23H14N2O3. The van der Waals surface area contributed by atoms with Crippen LogP contribution in [0.4, 0.5) is 0 Å². The lowest BCUT2D eigenvalue weighted by atomic mass is 9.83. The average molecular weight is 366 g/mol. The van der Waals surface area contributed by atoms with E-state index in [1.54, 1.807) is 18.2 Å². The van der Waals surface area contributed by atoms with E-state index in [0.29, 0.717) is 22.3 Å². The molecule has 5 nitrogen and oxygen atoms in total. The van der Waals surface area contributed by atoms with Crippen LogP contribution in [0.5, 0.6) is 5.75 Å². The van der Waals surface area contributed by atoms with E-state index in [1.807, 2.05) is 48.5 Å². The maximum atomic E-state index is 12.9. The molecule has 1 unspecified atom stereocenters. The quantitative estimate of drug-likeness (QED) is 0.511. The van der Waals surface area contributed by atoms with Gasteiger partial charge in [-0.2, -0.15) is 5.26 Å². The van der Waals surface area contributed by atoms with Crippen LogP contribution in [0.1, 0.15) is 17.0 Å². The van der Waals surface area contributed by atoms with Crippen LogP contribution in [0.15, 0.2) is 87.4 Å². The van der Waals surface area contributed by atoms with Gasteiger partial charge in [0.1, 0.15) is 17.2 Å². The van der Waals surface area contributed by atoms with Crippen LogP contribution in [0.25, 0.3) is 21.7 Å². The van der Waals surface area contributed by atoms with Gasteiger partial charge in [0, 0.05) is 0 Å². The number of allylic oxidation sites excluding steroid dienone is 1. The number of hydrogen-bond acceptors (Lipinski definition) is 5. The van der Waals surface area contributed by atoms with Gasteiger partial charge in [-0.1, -0.05) is 54.6 Å². The molecule has 3 aromatic carbocycles. The first-order valence-corrected chi connectivity index (χ1v) is 8.79. The maximum absolute atomic E-state index is 12.9. The number of benzene rings is 3. The summed E-state index contributed by atoms with van der Waals surface area (Å²) in [5.74, 6) is -0.301. The summed E-state index contributed by atoms with van der Waals surface area (Å²) in [4.78, 5) is 12.9. The standard InChI is InChI=1S/C23H14N2O3/c24-12-17-19(15-10-9-13-5-1-2-6-14(13)11-15)20-21(28-22(17)25)16-7-3-4-8-18(16)27-23(20)26/h1-11,19H,25H2. The molecule has 2 heterocycles. The van der Waals surface area contributed by atoms with Gasteiger partial charge in [0.05, 0.1) is 16.9 Å². The van der Waals surface area contributed by atoms with E-state index in [2.05, 4.69) is 6.07 Å². The largest absolute Gasteiger partial charge is 0.439 e. The summed E-state index contributed by atoms with van der Waals surface area (Å²) in [6.45, 7) is 0. The molecule has 0 amide bonds. The van der Waals surface area contributed by atoms with E-state index in [4.69, 9.17) is 14.9 Å². The van der Waals surface area contributed by atoms with Gasteiger partial charge in [0.15, 0.2) is 5.75 Å². The summed E-state index contributed by atoms with van der Waals surface area (Å²) in [6.07, 6.45) is 0. The molecule has 0 aliphatic carbocycles. The molecule has 28 heavy (non-hydrogen) atoms. The zero-order valence-corrected chi connectivity index (χ0v) is 14.7. The van der Waals surface area contributed by atoms with E-state index in [9.17, 15) is 10.1 Å². The predicted octanol–water partition coefficient (Wildman–Crippen LogP) is 4.16. The second-order valence-corrected chi connectivity index (χ2v) is 6.66. The van der Waals surface area contributed by atoms with Crippen molar-refractivity contribution in [3.63, 3.8) is 0 Å². The van der Waals surface area contributed by atoms with Gasteiger partial charge >= 0.3 is 5.63 Å². The van der Waals surface area contributed by atoms with Crippen LogP contribution in [0.2, 0.25) is 0 Å². The number of rotatable bonds is 1. The maximum Gasteiger partial charge on any atom is 0.344 e. The third-order valence-electron chi connectivity index (χ3n) is 5.08. The first kappa shape index (κ1) is 16.2. The number of para-hydroxylation sites is 1. The third kappa shape index (κ3) is 2.29. The molecule has 0 saturated heterocycles. The SMILES string of the molecule is N#CC1=C(N)Oc2c(c(=O)oc3ccccc23)C1c1ccc2ccccc2c1. The molecule has 2 N–H and O–H groups in total.